The van der Waals surface area contributed by atoms with Gasteiger partial charge in [-0.15, -0.1) is 0 Å². The number of hydrogen-bond donors (Lipinski definition) is 0. The van der Waals surface area contributed by atoms with Crippen LogP contribution in [0.5, 0.6) is 0 Å². The van der Waals surface area contributed by atoms with Gasteiger partial charge in [0.1, 0.15) is 0 Å². The summed E-state index contributed by atoms with van der Waals surface area (Å²) < 4.78 is 0. The quantitative estimate of drug-likeness (QED) is 0.572. The zero-order valence-electron chi connectivity index (χ0n) is 15.7. The summed E-state index contributed by atoms with van der Waals surface area (Å²) in [6, 6.07) is 0. The van der Waals surface area contributed by atoms with Crippen molar-refractivity contribution in [1.82, 2.24) is 9.80 Å². The Hall–Kier alpha value is -0.0800. The first-order valence-corrected chi connectivity index (χ1v) is 8.70. The molecule has 0 saturated carbocycles. The second-order valence-electron chi connectivity index (χ2n) is 7.02. The van der Waals surface area contributed by atoms with Crippen LogP contribution >= 0.6 is 0 Å². The molecule has 0 aromatic rings. The Kier molecular flexibility index (Phi) is 17.0. The molecule has 0 aliphatic heterocycles. The molecule has 124 valence electrons. The first kappa shape index (κ1) is 22.2. The van der Waals surface area contributed by atoms with Crippen LogP contribution in [0, 0.1) is 11.8 Å². The van der Waals surface area contributed by atoms with Crippen molar-refractivity contribution >= 4 is 0 Å². The van der Waals surface area contributed by atoms with Crippen molar-refractivity contribution in [3.8, 4) is 0 Å². The summed E-state index contributed by atoms with van der Waals surface area (Å²) in [5.74, 6) is 1.59. The zero-order chi connectivity index (χ0) is 16.0. The van der Waals surface area contributed by atoms with E-state index in [-0.39, 0.29) is 0 Å². The minimum atomic E-state index is 0.795. The van der Waals surface area contributed by atoms with Crippen molar-refractivity contribution in [1.29, 1.82) is 0 Å². The first-order valence-electron chi connectivity index (χ1n) is 8.70. The van der Waals surface area contributed by atoms with Gasteiger partial charge in [-0.25, -0.2) is 0 Å². The molecule has 0 atom stereocenters. The molecular formula is C18H42N2. The first-order chi connectivity index (χ1) is 9.33. The van der Waals surface area contributed by atoms with Gasteiger partial charge < -0.3 is 9.80 Å². The van der Waals surface area contributed by atoms with E-state index in [2.05, 4.69) is 65.4 Å². The van der Waals surface area contributed by atoms with Crippen molar-refractivity contribution in [3.63, 3.8) is 0 Å². The Bertz CT molecular complexity index is 160. The van der Waals surface area contributed by atoms with E-state index in [1.807, 2.05) is 0 Å². The molecular weight excluding hydrogens is 244 g/mol. The summed E-state index contributed by atoms with van der Waals surface area (Å²) in [5, 5.41) is 0. The maximum Gasteiger partial charge on any atom is 0.000144 e. The van der Waals surface area contributed by atoms with Gasteiger partial charge in [-0.3, -0.25) is 0 Å². The maximum atomic E-state index is 2.42. The summed E-state index contributed by atoms with van der Waals surface area (Å²) in [7, 11) is 4.41. The molecule has 0 unspecified atom stereocenters. The fraction of sp³-hybridized carbons (Fsp3) is 1.00. The van der Waals surface area contributed by atoms with Crippen LogP contribution in [0.25, 0.3) is 0 Å². The Morgan fingerprint density at radius 1 is 0.650 bits per heavy atom. The van der Waals surface area contributed by atoms with Gasteiger partial charge in [0.25, 0.3) is 0 Å². The van der Waals surface area contributed by atoms with Crippen LogP contribution in [0.2, 0.25) is 0 Å². The largest absolute Gasteiger partial charge is 0.306 e. The fourth-order valence-corrected chi connectivity index (χ4v) is 2.29. The van der Waals surface area contributed by atoms with Crippen molar-refractivity contribution in [3.05, 3.63) is 0 Å². The molecule has 0 saturated heterocycles. The lowest BCUT2D eigenvalue weighted by Gasteiger charge is -2.20. The van der Waals surface area contributed by atoms with Gasteiger partial charge in [0, 0.05) is 13.1 Å². The second kappa shape index (κ2) is 15.3. The van der Waals surface area contributed by atoms with Crippen LogP contribution in [0.3, 0.4) is 0 Å². The molecule has 0 amide bonds. The fourth-order valence-electron chi connectivity index (χ4n) is 2.29. The SMILES string of the molecule is CC(C)CN(C)CC(C)C.CCCCN(C)CCCC. The molecule has 0 aliphatic rings. The molecule has 0 fully saturated rings. The van der Waals surface area contributed by atoms with Gasteiger partial charge in [0.15, 0.2) is 0 Å². The van der Waals surface area contributed by atoms with Gasteiger partial charge >= 0.3 is 0 Å². The third-order valence-corrected chi connectivity index (χ3v) is 3.14. The third-order valence-electron chi connectivity index (χ3n) is 3.14. The highest BCUT2D eigenvalue weighted by Gasteiger charge is 2.02. The predicted molar refractivity (Wildman–Crippen MR) is 94.5 cm³/mol. The lowest BCUT2D eigenvalue weighted by molar-refractivity contribution is 0.265. The van der Waals surface area contributed by atoms with Crippen LogP contribution in [0.1, 0.15) is 67.2 Å². The maximum absolute atomic E-state index is 2.42. The average molecular weight is 287 g/mol. The van der Waals surface area contributed by atoms with E-state index in [0.717, 1.165) is 11.8 Å². The van der Waals surface area contributed by atoms with Crippen molar-refractivity contribution < 1.29 is 0 Å². The summed E-state index contributed by atoms with van der Waals surface area (Å²) in [6.07, 6.45) is 5.33. The molecule has 0 aliphatic carbocycles. The van der Waals surface area contributed by atoms with E-state index >= 15 is 0 Å². The normalized spacial score (nSPS) is 11.4. The minimum absolute atomic E-state index is 0.795. The molecule has 0 spiro atoms. The molecule has 0 N–H and O–H groups in total. The molecule has 2 nitrogen and oxygen atoms in total. The van der Waals surface area contributed by atoms with Crippen molar-refractivity contribution in [2.24, 2.45) is 11.8 Å². The Labute approximate surface area is 129 Å². The van der Waals surface area contributed by atoms with E-state index in [9.17, 15) is 0 Å². The highest BCUT2D eigenvalue weighted by molar-refractivity contribution is 4.56. The van der Waals surface area contributed by atoms with E-state index in [1.54, 1.807) is 0 Å². The highest BCUT2D eigenvalue weighted by Crippen LogP contribution is 1.99. The van der Waals surface area contributed by atoms with Crippen LogP contribution in [-0.2, 0) is 0 Å². The van der Waals surface area contributed by atoms with Gasteiger partial charge in [-0.05, 0) is 51.9 Å². The summed E-state index contributed by atoms with van der Waals surface area (Å²) >= 11 is 0. The Balaban J connectivity index is 0. The van der Waals surface area contributed by atoms with E-state index < -0.39 is 0 Å². The second-order valence-corrected chi connectivity index (χ2v) is 7.02. The standard InChI is InChI=1S/2C9H21N/c1-8(2)6-10(5)7-9(3)4;1-4-6-8-10(3)9-7-5-2/h8-9H,6-7H2,1-5H3;4-9H2,1-3H3. The van der Waals surface area contributed by atoms with Crippen LogP contribution < -0.4 is 0 Å². The Morgan fingerprint density at radius 3 is 1.25 bits per heavy atom. The monoisotopic (exact) mass is 286 g/mol. The molecule has 0 aromatic heterocycles. The molecule has 0 radical (unpaired) electrons. The molecule has 0 aromatic carbocycles. The van der Waals surface area contributed by atoms with Gasteiger partial charge in [0.2, 0.25) is 0 Å². The number of rotatable bonds is 10. The van der Waals surface area contributed by atoms with Gasteiger partial charge in [-0.1, -0.05) is 54.4 Å². The molecule has 2 heteroatoms. The van der Waals surface area contributed by atoms with Crippen LogP contribution in [0.4, 0.5) is 0 Å². The topological polar surface area (TPSA) is 6.48 Å². The number of unbranched alkanes of at least 4 members (excludes halogenated alkanes) is 2. The van der Waals surface area contributed by atoms with Crippen LogP contribution in [-0.4, -0.2) is 50.1 Å². The van der Waals surface area contributed by atoms with Crippen LogP contribution in [0.15, 0.2) is 0 Å². The lowest BCUT2D eigenvalue weighted by atomic mass is 10.1. The van der Waals surface area contributed by atoms with E-state index in [4.69, 9.17) is 0 Å². The summed E-state index contributed by atoms with van der Waals surface area (Å²) in [6.45, 7) is 18.5. The van der Waals surface area contributed by atoms with Gasteiger partial charge in [0.05, 0.1) is 0 Å². The number of hydrogen-bond acceptors (Lipinski definition) is 2. The zero-order valence-corrected chi connectivity index (χ0v) is 15.7. The molecule has 0 rings (SSSR count). The Morgan fingerprint density at radius 2 is 1.00 bits per heavy atom. The highest BCUT2D eigenvalue weighted by atomic mass is 15.1. The molecule has 20 heavy (non-hydrogen) atoms. The lowest BCUT2D eigenvalue weighted by Crippen LogP contribution is -2.27. The van der Waals surface area contributed by atoms with E-state index in [1.165, 1.54) is 51.9 Å². The van der Waals surface area contributed by atoms with E-state index in [0.29, 0.717) is 0 Å². The summed E-state index contributed by atoms with van der Waals surface area (Å²) in [5.41, 5.74) is 0. The van der Waals surface area contributed by atoms with Gasteiger partial charge in [-0.2, -0.15) is 0 Å². The predicted octanol–water partition coefficient (Wildman–Crippen LogP) is 4.75. The third kappa shape index (κ3) is 20.2. The molecule has 0 heterocycles. The minimum Gasteiger partial charge on any atom is -0.306 e. The number of nitrogens with zero attached hydrogens (tertiary/aromatic N) is 2. The summed E-state index contributed by atoms with van der Waals surface area (Å²) in [4.78, 5) is 4.82. The van der Waals surface area contributed by atoms with Crippen molar-refractivity contribution in [2.75, 3.05) is 40.3 Å². The smallest absolute Gasteiger partial charge is 0.000144 e. The van der Waals surface area contributed by atoms with Crippen molar-refractivity contribution in [2.45, 2.75) is 67.2 Å². The molecule has 0 bridgehead atoms. The average Bonchev–Trinajstić information content (AvgIpc) is 2.32.